The van der Waals surface area contributed by atoms with E-state index in [-0.39, 0.29) is 5.56 Å². The van der Waals surface area contributed by atoms with E-state index >= 15 is 0 Å². The lowest BCUT2D eigenvalue weighted by Crippen LogP contribution is -2.37. The quantitative estimate of drug-likeness (QED) is 0.835. The number of rotatable bonds is 2. The molecule has 1 aromatic carbocycles. The molecule has 0 spiro atoms. The molecule has 0 aliphatic rings. The van der Waals surface area contributed by atoms with Crippen LogP contribution in [0, 0.1) is 0 Å². The van der Waals surface area contributed by atoms with Crippen molar-refractivity contribution in [1.82, 2.24) is 0 Å². The van der Waals surface area contributed by atoms with Gasteiger partial charge in [0.05, 0.1) is 5.56 Å². The third-order valence-electron chi connectivity index (χ3n) is 3.36. The predicted molar refractivity (Wildman–Crippen MR) is 80.1 cm³/mol. The molecule has 0 saturated carbocycles. The van der Waals surface area contributed by atoms with Crippen molar-refractivity contribution in [2.45, 2.75) is 51.9 Å². The first-order chi connectivity index (χ1) is 8.43. The summed E-state index contributed by atoms with van der Waals surface area (Å²) in [6, 6.07) is 6.65. The lowest BCUT2D eigenvalue weighted by Gasteiger charge is -2.41. The SMILES string of the molecule is CC(C)(C)P(=O)(c1ccccc1C(=O)O)C(C)(C)C. The van der Waals surface area contributed by atoms with Crippen molar-refractivity contribution in [2.24, 2.45) is 0 Å². The average Bonchev–Trinajstić information content (AvgIpc) is 2.24. The summed E-state index contributed by atoms with van der Waals surface area (Å²) in [6.07, 6.45) is 0. The highest BCUT2D eigenvalue weighted by molar-refractivity contribution is 7.74. The molecule has 0 heterocycles. The van der Waals surface area contributed by atoms with Gasteiger partial charge in [0.1, 0.15) is 7.14 Å². The van der Waals surface area contributed by atoms with Gasteiger partial charge in [-0.2, -0.15) is 0 Å². The van der Waals surface area contributed by atoms with Gasteiger partial charge in [-0.3, -0.25) is 0 Å². The van der Waals surface area contributed by atoms with Crippen LogP contribution in [0.25, 0.3) is 0 Å². The third-order valence-corrected chi connectivity index (χ3v) is 8.21. The molecular weight excluding hydrogens is 259 g/mol. The van der Waals surface area contributed by atoms with Gasteiger partial charge >= 0.3 is 5.97 Å². The van der Waals surface area contributed by atoms with Gasteiger partial charge in [-0.25, -0.2) is 4.79 Å². The van der Waals surface area contributed by atoms with E-state index in [0.29, 0.717) is 5.30 Å². The second-order valence-corrected chi connectivity index (χ2v) is 11.2. The van der Waals surface area contributed by atoms with Crippen LogP contribution in [-0.2, 0) is 4.57 Å². The van der Waals surface area contributed by atoms with Crippen LogP contribution in [0.5, 0.6) is 0 Å². The molecule has 0 aliphatic carbocycles. The minimum atomic E-state index is -2.91. The second kappa shape index (κ2) is 4.79. The van der Waals surface area contributed by atoms with E-state index in [9.17, 15) is 14.5 Å². The Morgan fingerprint density at radius 2 is 1.42 bits per heavy atom. The Balaban J connectivity index is 3.72. The van der Waals surface area contributed by atoms with Crippen LogP contribution in [-0.4, -0.2) is 21.4 Å². The van der Waals surface area contributed by atoms with Crippen LogP contribution >= 0.6 is 7.14 Å². The zero-order valence-electron chi connectivity index (χ0n) is 12.5. The van der Waals surface area contributed by atoms with Crippen LogP contribution in [0.1, 0.15) is 51.9 Å². The molecule has 19 heavy (non-hydrogen) atoms. The highest BCUT2D eigenvalue weighted by Gasteiger charge is 2.48. The Labute approximate surface area is 115 Å². The zero-order valence-corrected chi connectivity index (χ0v) is 13.4. The molecule has 0 atom stereocenters. The summed E-state index contributed by atoms with van der Waals surface area (Å²) >= 11 is 0. The standard InChI is InChI=1S/C15H23O3P/c1-14(2,3)19(18,15(4,5)6)12-10-8-7-9-11(12)13(16)17/h7-10H,1-6H3,(H,16,17). The van der Waals surface area contributed by atoms with Gasteiger partial charge in [0.15, 0.2) is 0 Å². The fraction of sp³-hybridized carbons (Fsp3) is 0.533. The van der Waals surface area contributed by atoms with Crippen LogP contribution in [0.3, 0.4) is 0 Å². The van der Waals surface area contributed by atoms with Crippen molar-refractivity contribution in [2.75, 3.05) is 0 Å². The predicted octanol–water partition coefficient (Wildman–Crippen LogP) is 3.97. The van der Waals surface area contributed by atoms with Crippen molar-refractivity contribution < 1.29 is 14.5 Å². The number of carbonyl (C=O) groups is 1. The van der Waals surface area contributed by atoms with Crippen molar-refractivity contribution in [3.8, 4) is 0 Å². The summed E-state index contributed by atoms with van der Waals surface area (Å²) in [5, 5.41) is 8.84. The van der Waals surface area contributed by atoms with E-state index in [1.165, 1.54) is 6.07 Å². The number of hydrogen-bond acceptors (Lipinski definition) is 2. The fourth-order valence-electron chi connectivity index (χ4n) is 2.66. The molecule has 0 unspecified atom stereocenters. The van der Waals surface area contributed by atoms with Crippen molar-refractivity contribution >= 4 is 18.4 Å². The Kier molecular flexibility index (Phi) is 4.03. The average molecular weight is 282 g/mol. The number of hydrogen-bond donors (Lipinski definition) is 1. The van der Waals surface area contributed by atoms with E-state index in [1.54, 1.807) is 18.2 Å². The molecule has 0 aliphatic heterocycles. The van der Waals surface area contributed by atoms with E-state index in [0.717, 1.165) is 0 Å². The Morgan fingerprint density at radius 3 is 1.79 bits per heavy atom. The van der Waals surface area contributed by atoms with Crippen molar-refractivity contribution in [3.63, 3.8) is 0 Å². The number of aromatic carboxylic acids is 1. The molecule has 0 radical (unpaired) electrons. The second-order valence-electron chi connectivity index (χ2n) is 6.77. The van der Waals surface area contributed by atoms with Crippen LogP contribution in [0.2, 0.25) is 0 Å². The first-order valence-corrected chi connectivity index (χ1v) is 8.07. The van der Waals surface area contributed by atoms with E-state index in [2.05, 4.69) is 0 Å². The summed E-state index contributed by atoms with van der Waals surface area (Å²) < 4.78 is 13.7. The fourth-order valence-corrected chi connectivity index (χ4v) is 6.92. The molecule has 106 valence electrons. The van der Waals surface area contributed by atoms with Crippen LogP contribution < -0.4 is 5.30 Å². The van der Waals surface area contributed by atoms with Gasteiger partial charge in [-0.15, -0.1) is 0 Å². The molecular formula is C15H23O3P. The number of benzene rings is 1. The number of carboxylic acid groups (broad SMARTS) is 1. The molecule has 1 N–H and O–H groups in total. The first-order valence-electron chi connectivity index (χ1n) is 6.36. The lowest BCUT2D eigenvalue weighted by atomic mass is 10.2. The molecule has 0 bridgehead atoms. The molecule has 1 rings (SSSR count). The third kappa shape index (κ3) is 2.62. The molecule has 0 fully saturated rings. The topological polar surface area (TPSA) is 54.4 Å². The maximum atomic E-state index is 13.7. The monoisotopic (exact) mass is 282 g/mol. The first kappa shape index (κ1) is 16.0. The smallest absolute Gasteiger partial charge is 0.336 e. The maximum Gasteiger partial charge on any atom is 0.336 e. The summed E-state index contributed by atoms with van der Waals surface area (Å²) in [4.78, 5) is 11.4. The summed E-state index contributed by atoms with van der Waals surface area (Å²) in [5.74, 6) is -1.02. The largest absolute Gasteiger partial charge is 0.478 e. The Hall–Kier alpha value is -1.08. The molecule has 1 aromatic rings. The van der Waals surface area contributed by atoms with Gasteiger partial charge < -0.3 is 9.67 Å². The van der Waals surface area contributed by atoms with Crippen molar-refractivity contribution in [3.05, 3.63) is 29.8 Å². The minimum Gasteiger partial charge on any atom is -0.478 e. The van der Waals surface area contributed by atoms with Gasteiger partial charge in [-0.1, -0.05) is 59.7 Å². The Bertz CT molecular complexity index is 515. The summed E-state index contributed by atoms with van der Waals surface area (Å²) in [6.45, 7) is 11.5. The molecule has 0 amide bonds. The Morgan fingerprint density at radius 1 is 1.00 bits per heavy atom. The number of carboxylic acids is 1. The summed E-state index contributed by atoms with van der Waals surface area (Å²) in [7, 11) is -2.91. The normalized spacial score (nSPS) is 13.4. The van der Waals surface area contributed by atoms with Gasteiger partial charge in [0.25, 0.3) is 0 Å². The van der Waals surface area contributed by atoms with Gasteiger partial charge in [0, 0.05) is 15.6 Å². The molecule has 4 heteroatoms. The van der Waals surface area contributed by atoms with E-state index in [4.69, 9.17) is 0 Å². The van der Waals surface area contributed by atoms with Crippen molar-refractivity contribution in [1.29, 1.82) is 0 Å². The zero-order chi connectivity index (χ0) is 15.1. The maximum absolute atomic E-state index is 13.7. The van der Waals surface area contributed by atoms with Gasteiger partial charge in [-0.05, 0) is 6.07 Å². The van der Waals surface area contributed by atoms with Gasteiger partial charge in [0.2, 0.25) is 0 Å². The molecule has 0 saturated heterocycles. The summed E-state index contributed by atoms with van der Waals surface area (Å²) in [5.41, 5.74) is 0.149. The molecule has 0 aromatic heterocycles. The lowest BCUT2D eigenvalue weighted by molar-refractivity contribution is 0.0698. The van der Waals surface area contributed by atoms with E-state index < -0.39 is 23.4 Å². The van der Waals surface area contributed by atoms with Crippen LogP contribution in [0.15, 0.2) is 24.3 Å². The van der Waals surface area contributed by atoms with Crippen LogP contribution in [0.4, 0.5) is 0 Å². The van der Waals surface area contributed by atoms with E-state index in [1.807, 2.05) is 41.5 Å². The minimum absolute atomic E-state index is 0.149. The highest BCUT2D eigenvalue weighted by atomic mass is 31.2. The highest BCUT2D eigenvalue weighted by Crippen LogP contribution is 2.66. The molecule has 3 nitrogen and oxygen atoms in total.